The summed E-state index contributed by atoms with van der Waals surface area (Å²) in [7, 11) is 0. The number of ether oxygens (including phenoxy) is 1. The first-order valence-corrected chi connectivity index (χ1v) is 4.46. The fraction of sp³-hybridized carbons (Fsp3) is 0.222. The van der Waals surface area contributed by atoms with Crippen molar-refractivity contribution in [3.05, 3.63) is 29.3 Å². The number of hydrogen-bond donors (Lipinski definition) is 0. The molecule has 0 amide bonds. The number of carbonyl (C=O) groups is 1. The zero-order valence-electron chi connectivity index (χ0n) is 7.89. The van der Waals surface area contributed by atoms with Crippen molar-refractivity contribution in [3.8, 4) is 5.75 Å². The molecule has 8 heteroatoms. The molecule has 2 nitrogen and oxygen atoms in total. The zero-order chi connectivity index (χ0) is 13.2. The molecule has 0 aromatic heterocycles. The first-order chi connectivity index (χ1) is 7.70. The highest BCUT2D eigenvalue weighted by Gasteiger charge is 2.33. The Labute approximate surface area is 96.9 Å². The summed E-state index contributed by atoms with van der Waals surface area (Å²) in [5.41, 5.74) is -1.33. The topological polar surface area (TPSA) is 26.3 Å². The van der Waals surface area contributed by atoms with Crippen molar-refractivity contribution >= 4 is 16.8 Å². The Bertz CT molecular complexity index is 430. The summed E-state index contributed by atoms with van der Waals surface area (Å²) in [5.74, 6) is -1.14. The quantitative estimate of drug-likeness (QED) is 0.617. The summed E-state index contributed by atoms with van der Waals surface area (Å²) in [4.78, 5) is 10.7. The molecule has 0 atom stereocenters. The maximum atomic E-state index is 12.4. The first-order valence-electron chi connectivity index (χ1n) is 4.08. The van der Waals surface area contributed by atoms with Crippen molar-refractivity contribution in [2.75, 3.05) is 0 Å². The molecule has 0 aliphatic heterocycles. The van der Waals surface area contributed by atoms with Gasteiger partial charge in [-0.15, -0.1) is 13.2 Å². The number of benzene rings is 1. The van der Waals surface area contributed by atoms with Gasteiger partial charge in [-0.25, -0.2) is 8.78 Å². The third kappa shape index (κ3) is 3.85. The van der Waals surface area contributed by atoms with E-state index in [0.717, 1.165) is 6.07 Å². The third-order valence-electron chi connectivity index (χ3n) is 1.70. The second kappa shape index (κ2) is 4.87. The van der Waals surface area contributed by atoms with Crippen LogP contribution in [0.1, 0.15) is 22.3 Å². The highest BCUT2D eigenvalue weighted by molar-refractivity contribution is 6.67. The van der Waals surface area contributed by atoms with E-state index in [2.05, 4.69) is 4.74 Å². The molecule has 0 saturated heterocycles. The Balaban J connectivity index is 3.21. The minimum atomic E-state index is -5.13. The summed E-state index contributed by atoms with van der Waals surface area (Å²) in [6, 6.07) is 2.06. The van der Waals surface area contributed by atoms with Crippen LogP contribution < -0.4 is 4.74 Å². The smallest absolute Gasteiger partial charge is 0.405 e. The summed E-state index contributed by atoms with van der Waals surface area (Å²) < 4.78 is 63.9. The lowest BCUT2D eigenvalue weighted by Gasteiger charge is -2.13. The van der Waals surface area contributed by atoms with Crippen LogP contribution in [0.2, 0.25) is 0 Å². The van der Waals surface area contributed by atoms with Gasteiger partial charge in [0.25, 0.3) is 11.7 Å². The van der Waals surface area contributed by atoms with Gasteiger partial charge in [-0.3, -0.25) is 4.79 Å². The third-order valence-corrected chi connectivity index (χ3v) is 1.92. The van der Waals surface area contributed by atoms with Gasteiger partial charge in [0, 0.05) is 5.56 Å². The maximum absolute atomic E-state index is 12.4. The first kappa shape index (κ1) is 13.7. The highest BCUT2D eigenvalue weighted by Crippen LogP contribution is 2.33. The SMILES string of the molecule is O=C(Cl)c1ccc(C(F)F)c(OC(F)(F)F)c1. The van der Waals surface area contributed by atoms with Gasteiger partial charge in [0.1, 0.15) is 5.75 Å². The lowest BCUT2D eigenvalue weighted by molar-refractivity contribution is -0.275. The molecule has 0 fully saturated rings. The van der Waals surface area contributed by atoms with Crippen LogP contribution in [0.4, 0.5) is 22.0 Å². The van der Waals surface area contributed by atoms with E-state index in [1.54, 1.807) is 0 Å². The highest BCUT2D eigenvalue weighted by atomic mass is 35.5. The zero-order valence-corrected chi connectivity index (χ0v) is 8.65. The molecule has 1 aromatic rings. The molecule has 0 bridgehead atoms. The van der Waals surface area contributed by atoms with Crippen LogP contribution in [0, 0.1) is 0 Å². The number of rotatable bonds is 3. The monoisotopic (exact) mass is 274 g/mol. The van der Waals surface area contributed by atoms with Gasteiger partial charge in [0.2, 0.25) is 0 Å². The molecule has 0 aliphatic carbocycles. The van der Waals surface area contributed by atoms with Crippen LogP contribution >= 0.6 is 11.6 Å². The second-order valence-corrected chi connectivity index (χ2v) is 3.22. The van der Waals surface area contributed by atoms with Crippen LogP contribution in [0.15, 0.2) is 18.2 Å². The van der Waals surface area contributed by atoms with E-state index < -0.39 is 29.3 Å². The molecule has 0 heterocycles. The predicted molar refractivity (Wildman–Crippen MR) is 48.3 cm³/mol. The Kier molecular flexibility index (Phi) is 3.92. The van der Waals surface area contributed by atoms with Gasteiger partial charge >= 0.3 is 6.36 Å². The van der Waals surface area contributed by atoms with Crippen LogP contribution in [0.5, 0.6) is 5.75 Å². The largest absolute Gasteiger partial charge is 0.573 e. The molecule has 1 aromatic carbocycles. The van der Waals surface area contributed by atoms with Crippen molar-refractivity contribution in [2.24, 2.45) is 0 Å². The summed E-state index contributed by atoms with van der Waals surface area (Å²) in [6.07, 6.45) is -8.29. The average Bonchev–Trinajstić information content (AvgIpc) is 2.14. The van der Waals surface area contributed by atoms with Gasteiger partial charge in [-0.1, -0.05) is 0 Å². The number of hydrogen-bond acceptors (Lipinski definition) is 2. The van der Waals surface area contributed by atoms with Gasteiger partial charge in [0.05, 0.1) is 5.56 Å². The molecule has 0 spiro atoms. The standard InChI is InChI=1S/C9H4ClF5O2/c10-7(16)4-1-2-5(8(11)12)6(3-4)17-9(13,14)15/h1-3,8H. The second-order valence-electron chi connectivity index (χ2n) is 2.87. The number of alkyl halides is 5. The molecule has 0 saturated carbocycles. The van der Waals surface area contributed by atoms with Crippen molar-refractivity contribution in [3.63, 3.8) is 0 Å². The van der Waals surface area contributed by atoms with E-state index in [9.17, 15) is 26.7 Å². The van der Waals surface area contributed by atoms with E-state index in [0.29, 0.717) is 12.1 Å². The van der Waals surface area contributed by atoms with Crippen LogP contribution in [-0.4, -0.2) is 11.6 Å². The van der Waals surface area contributed by atoms with E-state index in [1.807, 2.05) is 0 Å². The van der Waals surface area contributed by atoms with Crippen LogP contribution in [0.3, 0.4) is 0 Å². The van der Waals surface area contributed by atoms with Crippen LogP contribution in [0.25, 0.3) is 0 Å². The fourth-order valence-electron chi connectivity index (χ4n) is 1.05. The van der Waals surface area contributed by atoms with Crippen molar-refractivity contribution < 1.29 is 31.5 Å². The van der Waals surface area contributed by atoms with Gasteiger partial charge < -0.3 is 4.74 Å². The Morgan fingerprint density at radius 2 is 1.88 bits per heavy atom. The van der Waals surface area contributed by atoms with Crippen molar-refractivity contribution in [1.82, 2.24) is 0 Å². The van der Waals surface area contributed by atoms with Gasteiger partial charge in [0.15, 0.2) is 0 Å². The van der Waals surface area contributed by atoms with Crippen molar-refractivity contribution in [1.29, 1.82) is 0 Å². The number of halogens is 6. The Hall–Kier alpha value is -1.37. The summed E-state index contributed by atoms with van der Waals surface area (Å²) in [5, 5.41) is -1.07. The molecular formula is C9H4ClF5O2. The molecule has 94 valence electrons. The summed E-state index contributed by atoms with van der Waals surface area (Å²) in [6.45, 7) is 0. The molecule has 0 radical (unpaired) electrons. The predicted octanol–water partition coefficient (Wildman–Crippen LogP) is 3.90. The van der Waals surface area contributed by atoms with Crippen LogP contribution in [-0.2, 0) is 0 Å². The minimum Gasteiger partial charge on any atom is -0.405 e. The average molecular weight is 275 g/mol. The molecular weight excluding hydrogens is 271 g/mol. The normalized spacial score (nSPS) is 11.7. The van der Waals surface area contributed by atoms with E-state index in [4.69, 9.17) is 11.6 Å². The maximum Gasteiger partial charge on any atom is 0.573 e. The molecule has 0 unspecified atom stereocenters. The lowest BCUT2D eigenvalue weighted by atomic mass is 10.1. The minimum absolute atomic E-state index is 0.365. The van der Waals surface area contributed by atoms with Gasteiger partial charge in [-0.05, 0) is 29.8 Å². The molecule has 1 rings (SSSR count). The molecule has 17 heavy (non-hydrogen) atoms. The van der Waals surface area contributed by atoms with Gasteiger partial charge in [-0.2, -0.15) is 0 Å². The fourth-order valence-corrected chi connectivity index (χ4v) is 1.17. The lowest BCUT2D eigenvalue weighted by Crippen LogP contribution is -2.18. The molecule has 0 aliphatic rings. The molecule has 0 N–H and O–H groups in total. The Morgan fingerprint density at radius 1 is 1.29 bits per heavy atom. The van der Waals surface area contributed by atoms with E-state index in [1.165, 1.54) is 0 Å². The van der Waals surface area contributed by atoms with E-state index in [-0.39, 0.29) is 5.56 Å². The Morgan fingerprint density at radius 3 is 2.29 bits per heavy atom. The summed E-state index contributed by atoms with van der Waals surface area (Å²) >= 11 is 5.02. The van der Waals surface area contributed by atoms with Crippen molar-refractivity contribution in [2.45, 2.75) is 12.8 Å². The van der Waals surface area contributed by atoms with E-state index >= 15 is 0 Å². The number of carbonyl (C=O) groups excluding carboxylic acids is 1.